The summed E-state index contributed by atoms with van der Waals surface area (Å²) in [5.74, 6) is -0.198. The summed E-state index contributed by atoms with van der Waals surface area (Å²) < 4.78 is 10.4. The second-order valence-corrected chi connectivity index (χ2v) is 5.09. The molecule has 104 valence electrons. The molecule has 1 aliphatic heterocycles. The molecule has 4 heteroatoms. The lowest BCUT2D eigenvalue weighted by Crippen LogP contribution is -2.11. The van der Waals surface area contributed by atoms with E-state index in [1.54, 1.807) is 13.0 Å². The van der Waals surface area contributed by atoms with Crippen LogP contribution < -0.4 is 0 Å². The summed E-state index contributed by atoms with van der Waals surface area (Å²) in [5.41, 5.74) is 1.26. The number of allylic oxidation sites excluding steroid dienone is 1. The number of hydrogen-bond donors (Lipinski definition) is 0. The number of Topliss-reactive ketones (excluding diaryl/α,β-unsaturated/α-hetero) is 1. The lowest BCUT2D eigenvalue weighted by atomic mass is 10.0. The summed E-state index contributed by atoms with van der Waals surface area (Å²) in [6.07, 6.45) is 9.22. The van der Waals surface area contributed by atoms with Crippen molar-refractivity contribution in [2.24, 2.45) is 0 Å². The Hall–Kier alpha value is -1.58. The molecule has 1 atom stereocenters. The van der Waals surface area contributed by atoms with E-state index in [9.17, 15) is 9.59 Å². The fraction of sp³-hybridized carbons (Fsp3) is 0.600. The standard InChI is InChI=1S/C15H20O4/c1-11-9-14(19-15(11)17)18-10-12-7-5-3-2-4-6-8-13(12)16/h9-10,14H,2-8H2,1H3/b12-10+. The summed E-state index contributed by atoms with van der Waals surface area (Å²) in [5, 5.41) is 0. The van der Waals surface area contributed by atoms with Gasteiger partial charge in [-0.3, -0.25) is 4.79 Å². The SMILES string of the molecule is CC1=CC(O/C=C2\CCCCCCCC2=O)OC1=O. The molecule has 1 heterocycles. The van der Waals surface area contributed by atoms with Crippen LogP contribution in [-0.2, 0) is 19.1 Å². The lowest BCUT2D eigenvalue weighted by molar-refractivity contribution is -0.152. The van der Waals surface area contributed by atoms with Crippen molar-refractivity contribution in [2.75, 3.05) is 0 Å². The van der Waals surface area contributed by atoms with Gasteiger partial charge in [-0.15, -0.1) is 0 Å². The minimum absolute atomic E-state index is 0.159. The first-order chi connectivity index (χ1) is 9.16. The van der Waals surface area contributed by atoms with Gasteiger partial charge >= 0.3 is 5.97 Å². The van der Waals surface area contributed by atoms with Gasteiger partial charge in [0.1, 0.15) is 0 Å². The molecule has 0 N–H and O–H groups in total. The third kappa shape index (κ3) is 3.94. The van der Waals surface area contributed by atoms with Crippen molar-refractivity contribution in [1.29, 1.82) is 0 Å². The number of carbonyl (C=O) groups is 2. The Bertz CT molecular complexity index is 420. The summed E-state index contributed by atoms with van der Waals surface area (Å²) in [6, 6.07) is 0. The van der Waals surface area contributed by atoms with Crippen molar-refractivity contribution in [1.82, 2.24) is 0 Å². The molecule has 0 bridgehead atoms. The van der Waals surface area contributed by atoms with Crippen LogP contribution in [0, 0.1) is 0 Å². The predicted molar refractivity (Wildman–Crippen MR) is 70.1 cm³/mol. The van der Waals surface area contributed by atoms with E-state index in [0.29, 0.717) is 12.0 Å². The molecule has 0 aromatic rings. The zero-order chi connectivity index (χ0) is 13.7. The van der Waals surface area contributed by atoms with Crippen LogP contribution >= 0.6 is 0 Å². The average molecular weight is 264 g/mol. The van der Waals surface area contributed by atoms with Crippen molar-refractivity contribution >= 4 is 11.8 Å². The quantitative estimate of drug-likeness (QED) is 0.437. The smallest absolute Gasteiger partial charge is 0.336 e. The summed E-state index contributed by atoms with van der Waals surface area (Å²) >= 11 is 0. The maximum Gasteiger partial charge on any atom is 0.336 e. The van der Waals surface area contributed by atoms with Gasteiger partial charge in [-0.25, -0.2) is 4.79 Å². The Morgan fingerprint density at radius 3 is 2.53 bits per heavy atom. The molecule has 0 spiro atoms. The van der Waals surface area contributed by atoms with E-state index in [0.717, 1.165) is 37.7 Å². The third-order valence-electron chi connectivity index (χ3n) is 3.48. The molecule has 1 aliphatic carbocycles. The van der Waals surface area contributed by atoms with Gasteiger partial charge in [0.25, 0.3) is 6.29 Å². The molecule has 1 saturated carbocycles. The second-order valence-electron chi connectivity index (χ2n) is 5.09. The normalized spacial score (nSPS) is 27.3. The van der Waals surface area contributed by atoms with E-state index < -0.39 is 6.29 Å². The van der Waals surface area contributed by atoms with Crippen LogP contribution in [0.4, 0.5) is 0 Å². The molecule has 0 radical (unpaired) electrons. The zero-order valence-electron chi connectivity index (χ0n) is 11.3. The molecule has 0 aromatic heterocycles. The number of carbonyl (C=O) groups excluding carboxylic acids is 2. The van der Waals surface area contributed by atoms with Crippen LogP contribution in [0.3, 0.4) is 0 Å². The van der Waals surface area contributed by atoms with Gasteiger partial charge in [0, 0.05) is 23.6 Å². The molecule has 0 aromatic carbocycles. The van der Waals surface area contributed by atoms with Crippen molar-refractivity contribution < 1.29 is 19.1 Å². The molecule has 2 rings (SSSR count). The summed E-state index contributed by atoms with van der Waals surface area (Å²) in [6.45, 7) is 1.68. The van der Waals surface area contributed by atoms with E-state index in [2.05, 4.69) is 0 Å². The molecule has 2 aliphatic rings. The van der Waals surface area contributed by atoms with Gasteiger partial charge in [-0.2, -0.15) is 0 Å². The molecular formula is C15H20O4. The molecule has 1 fully saturated rings. The first-order valence-corrected chi connectivity index (χ1v) is 6.94. The molecule has 4 nitrogen and oxygen atoms in total. The van der Waals surface area contributed by atoms with E-state index in [1.165, 1.54) is 12.7 Å². The second kappa shape index (κ2) is 6.55. The van der Waals surface area contributed by atoms with Crippen LogP contribution in [0.25, 0.3) is 0 Å². The monoisotopic (exact) mass is 264 g/mol. The van der Waals surface area contributed by atoms with Crippen LogP contribution in [0.15, 0.2) is 23.5 Å². The highest BCUT2D eigenvalue weighted by Gasteiger charge is 2.23. The van der Waals surface area contributed by atoms with Gasteiger partial charge < -0.3 is 9.47 Å². The van der Waals surface area contributed by atoms with Crippen LogP contribution in [-0.4, -0.2) is 18.0 Å². The van der Waals surface area contributed by atoms with Gasteiger partial charge in [0.05, 0.1) is 6.26 Å². The van der Waals surface area contributed by atoms with Crippen molar-refractivity contribution in [2.45, 2.75) is 58.2 Å². The van der Waals surface area contributed by atoms with Gasteiger partial charge in [0.15, 0.2) is 5.78 Å². The largest absolute Gasteiger partial charge is 0.458 e. The molecule has 19 heavy (non-hydrogen) atoms. The molecule has 0 amide bonds. The lowest BCUT2D eigenvalue weighted by Gasteiger charge is -2.10. The fourth-order valence-corrected chi connectivity index (χ4v) is 2.28. The molecule has 1 unspecified atom stereocenters. The number of cyclic esters (lactones) is 1. The number of rotatable bonds is 2. The van der Waals surface area contributed by atoms with Crippen LogP contribution in [0.5, 0.6) is 0 Å². The van der Waals surface area contributed by atoms with Crippen molar-refractivity contribution in [3.63, 3.8) is 0 Å². The highest BCUT2D eigenvalue weighted by Crippen LogP contribution is 2.20. The Morgan fingerprint density at radius 2 is 1.84 bits per heavy atom. The third-order valence-corrected chi connectivity index (χ3v) is 3.48. The fourth-order valence-electron chi connectivity index (χ4n) is 2.28. The van der Waals surface area contributed by atoms with Gasteiger partial charge in [-0.05, 0) is 26.2 Å². The summed E-state index contributed by atoms with van der Waals surface area (Å²) in [4.78, 5) is 23.2. The zero-order valence-corrected chi connectivity index (χ0v) is 11.3. The maximum atomic E-state index is 12.0. The number of hydrogen-bond acceptors (Lipinski definition) is 4. The number of ketones is 1. The van der Waals surface area contributed by atoms with Crippen LogP contribution in [0.2, 0.25) is 0 Å². The molecular weight excluding hydrogens is 244 g/mol. The average Bonchev–Trinajstić information content (AvgIpc) is 2.74. The molecule has 0 saturated heterocycles. The first-order valence-electron chi connectivity index (χ1n) is 6.94. The Morgan fingerprint density at radius 1 is 1.16 bits per heavy atom. The Kier molecular flexibility index (Phi) is 4.77. The maximum absolute atomic E-state index is 12.0. The minimum atomic E-state index is -0.680. The Labute approximate surface area is 113 Å². The van der Waals surface area contributed by atoms with E-state index in [4.69, 9.17) is 9.47 Å². The Balaban J connectivity index is 1.95. The predicted octanol–water partition coefficient (Wildman–Crippen LogP) is 3.03. The van der Waals surface area contributed by atoms with Crippen LogP contribution in [0.1, 0.15) is 51.9 Å². The van der Waals surface area contributed by atoms with E-state index >= 15 is 0 Å². The van der Waals surface area contributed by atoms with Crippen molar-refractivity contribution in [3.05, 3.63) is 23.5 Å². The summed E-state index contributed by atoms with van der Waals surface area (Å²) in [7, 11) is 0. The van der Waals surface area contributed by atoms with E-state index in [-0.39, 0.29) is 11.8 Å². The highest BCUT2D eigenvalue weighted by atomic mass is 16.7. The van der Waals surface area contributed by atoms with Crippen molar-refractivity contribution in [3.8, 4) is 0 Å². The minimum Gasteiger partial charge on any atom is -0.458 e. The van der Waals surface area contributed by atoms with E-state index in [1.807, 2.05) is 0 Å². The first kappa shape index (κ1) is 13.8. The van der Waals surface area contributed by atoms with Gasteiger partial charge in [0.2, 0.25) is 0 Å². The van der Waals surface area contributed by atoms with Gasteiger partial charge in [-0.1, -0.05) is 19.3 Å². The number of ether oxygens (including phenoxy) is 2. The topological polar surface area (TPSA) is 52.6 Å². The highest BCUT2D eigenvalue weighted by molar-refractivity contribution is 5.95. The number of esters is 1.